The molecule has 160 valence electrons. The SMILES string of the molecule is O=C(Nc1ccc(N2C(=O)[C@H]3[C@H](C2=O)[C@H]2C=C[C@H]3C2)cc1)Nc1nnc(C(F)(F)F)s1. The van der Waals surface area contributed by atoms with E-state index in [4.69, 9.17) is 0 Å². The Balaban J connectivity index is 1.25. The van der Waals surface area contributed by atoms with Crippen molar-refractivity contribution in [3.05, 3.63) is 41.4 Å². The predicted octanol–water partition coefficient (Wildman–Crippen LogP) is 3.51. The number of halogens is 3. The fraction of sp³-hybridized carbons (Fsp3) is 0.316. The maximum Gasteiger partial charge on any atom is 0.445 e. The third-order valence-electron chi connectivity index (χ3n) is 5.74. The maximum absolute atomic E-state index is 12.8. The molecule has 12 heteroatoms. The number of alkyl halides is 3. The number of benzene rings is 1. The van der Waals surface area contributed by atoms with Crippen molar-refractivity contribution in [2.75, 3.05) is 15.5 Å². The minimum absolute atomic E-state index is 0.110. The van der Waals surface area contributed by atoms with E-state index < -0.39 is 17.2 Å². The third kappa shape index (κ3) is 3.26. The van der Waals surface area contributed by atoms with Crippen LogP contribution in [0.3, 0.4) is 0 Å². The molecule has 1 aliphatic heterocycles. The minimum atomic E-state index is -4.64. The highest BCUT2D eigenvalue weighted by atomic mass is 32.1. The van der Waals surface area contributed by atoms with Crippen molar-refractivity contribution < 1.29 is 27.6 Å². The minimum Gasteiger partial charge on any atom is -0.308 e. The van der Waals surface area contributed by atoms with Gasteiger partial charge >= 0.3 is 12.2 Å². The third-order valence-corrected chi connectivity index (χ3v) is 6.63. The molecule has 0 unspecified atom stereocenters. The Kier molecular flexibility index (Phi) is 4.36. The van der Waals surface area contributed by atoms with E-state index in [0.29, 0.717) is 11.4 Å². The first-order valence-corrected chi connectivity index (χ1v) is 10.2. The summed E-state index contributed by atoms with van der Waals surface area (Å²) in [5.74, 6) is -0.804. The predicted molar refractivity (Wildman–Crippen MR) is 104 cm³/mol. The maximum atomic E-state index is 12.8. The van der Waals surface area contributed by atoms with E-state index in [0.717, 1.165) is 6.42 Å². The number of allylic oxidation sites excluding steroid dienone is 2. The van der Waals surface area contributed by atoms with Gasteiger partial charge in [0, 0.05) is 5.69 Å². The van der Waals surface area contributed by atoms with E-state index in [1.807, 2.05) is 12.2 Å². The van der Waals surface area contributed by atoms with Crippen LogP contribution in [0.2, 0.25) is 0 Å². The highest BCUT2D eigenvalue weighted by Gasteiger charge is 2.59. The summed E-state index contributed by atoms with van der Waals surface area (Å²) >= 11 is 0.206. The van der Waals surface area contributed by atoms with Gasteiger partial charge in [-0.05, 0) is 42.5 Å². The van der Waals surface area contributed by atoms with Crippen LogP contribution in [-0.2, 0) is 15.8 Å². The van der Waals surface area contributed by atoms with Crippen molar-refractivity contribution in [1.82, 2.24) is 10.2 Å². The van der Waals surface area contributed by atoms with Crippen LogP contribution in [0.1, 0.15) is 11.4 Å². The molecule has 1 aromatic heterocycles. The van der Waals surface area contributed by atoms with Crippen LogP contribution in [-0.4, -0.2) is 28.0 Å². The number of carbonyl (C=O) groups excluding carboxylic acids is 3. The van der Waals surface area contributed by atoms with E-state index in [2.05, 4.69) is 20.8 Å². The molecule has 31 heavy (non-hydrogen) atoms. The molecular weight excluding hydrogens is 435 g/mol. The van der Waals surface area contributed by atoms with Crippen molar-refractivity contribution >= 4 is 45.7 Å². The van der Waals surface area contributed by atoms with Crippen LogP contribution in [0.4, 0.5) is 34.5 Å². The summed E-state index contributed by atoms with van der Waals surface area (Å²) in [4.78, 5) is 38.9. The van der Waals surface area contributed by atoms with Gasteiger partial charge in [0.2, 0.25) is 22.0 Å². The van der Waals surface area contributed by atoms with Crippen molar-refractivity contribution in [3.8, 4) is 0 Å². The van der Waals surface area contributed by atoms with Crippen molar-refractivity contribution in [2.45, 2.75) is 12.6 Å². The number of aromatic nitrogens is 2. The topological polar surface area (TPSA) is 104 Å². The zero-order chi connectivity index (χ0) is 21.9. The first-order chi connectivity index (χ1) is 14.7. The van der Waals surface area contributed by atoms with Crippen molar-refractivity contribution in [3.63, 3.8) is 0 Å². The van der Waals surface area contributed by atoms with E-state index in [1.54, 1.807) is 0 Å². The lowest BCUT2D eigenvalue weighted by Crippen LogP contribution is -2.32. The first-order valence-electron chi connectivity index (χ1n) is 9.37. The van der Waals surface area contributed by atoms with Crippen LogP contribution >= 0.6 is 11.3 Å². The second-order valence-corrected chi connectivity index (χ2v) is 8.53. The van der Waals surface area contributed by atoms with Gasteiger partial charge in [-0.1, -0.05) is 23.5 Å². The fourth-order valence-electron chi connectivity index (χ4n) is 4.50. The molecule has 0 radical (unpaired) electrons. The second-order valence-electron chi connectivity index (χ2n) is 7.55. The number of nitrogens with one attached hydrogen (secondary N) is 2. The summed E-state index contributed by atoms with van der Waals surface area (Å²) < 4.78 is 37.7. The van der Waals surface area contributed by atoms with Gasteiger partial charge in [0.05, 0.1) is 17.5 Å². The molecule has 4 amide bonds. The van der Waals surface area contributed by atoms with Gasteiger partial charge < -0.3 is 5.32 Å². The Morgan fingerprint density at radius 3 is 2.16 bits per heavy atom. The fourth-order valence-corrected chi connectivity index (χ4v) is 5.10. The molecule has 8 nitrogen and oxygen atoms in total. The lowest BCUT2D eigenvalue weighted by molar-refractivity contribution is -0.138. The summed E-state index contributed by atoms with van der Waals surface area (Å²) in [7, 11) is 0. The van der Waals surface area contributed by atoms with Gasteiger partial charge in [-0.3, -0.25) is 19.8 Å². The van der Waals surface area contributed by atoms with Gasteiger partial charge in [-0.15, -0.1) is 10.2 Å². The highest BCUT2D eigenvalue weighted by molar-refractivity contribution is 7.15. The van der Waals surface area contributed by atoms with Crippen LogP contribution < -0.4 is 15.5 Å². The van der Waals surface area contributed by atoms with Crippen LogP contribution in [0.25, 0.3) is 0 Å². The van der Waals surface area contributed by atoms with E-state index >= 15 is 0 Å². The Labute approximate surface area is 177 Å². The van der Waals surface area contributed by atoms with Crippen LogP contribution in [0, 0.1) is 23.7 Å². The van der Waals surface area contributed by atoms with E-state index in [9.17, 15) is 27.6 Å². The largest absolute Gasteiger partial charge is 0.445 e. The lowest BCUT2D eigenvalue weighted by Gasteiger charge is -2.17. The molecule has 2 aromatic rings. The van der Waals surface area contributed by atoms with E-state index in [-0.39, 0.29) is 52.0 Å². The zero-order valence-electron chi connectivity index (χ0n) is 15.6. The number of rotatable bonds is 3. The van der Waals surface area contributed by atoms with Crippen LogP contribution in [0.5, 0.6) is 0 Å². The number of hydrogen-bond acceptors (Lipinski definition) is 6. The molecule has 2 N–H and O–H groups in total. The van der Waals surface area contributed by atoms with Gasteiger partial charge in [-0.25, -0.2) is 4.79 Å². The first kappa shape index (κ1) is 19.7. The summed E-state index contributed by atoms with van der Waals surface area (Å²) in [5, 5.41) is 9.43. The van der Waals surface area contributed by atoms with Crippen molar-refractivity contribution in [1.29, 1.82) is 0 Å². The molecular formula is C19H14F3N5O3S. The number of imide groups is 1. The number of fused-ring (bicyclic) bond motifs is 5. The Morgan fingerprint density at radius 1 is 1.00 bits per heavy atom. The molecule has 2 aliphatic carbocycles. The molecule has 1 saturated carbocycles. The average Bonchev–Trinajstić information content (AvgIpc) is 3.47. The van der Waals surface area contributed by atoms with Gasteiger partial charge in [0.1, 0.15) is 0 Å². The Hall–Kier alpha value is -3.28. The summed E-state index contributed by atoms with van der Waals surface area (Å²) in [5.41, 5.74) is 0.733. The van der Waals surface area contributed by atoms with Gasteiger partial charge in [0.15, 0.2) is 0 Å². The molecule has 3 aliphatic rings. The molecule has 4 atom stereocenters. The number of nitrogens with zero attached hydrogens (tertiary/aromatic N) is 3. The van der Waals surface area contributed by atoms with Crippen molar-refractivity contribution in [2.24, 2.45) is 23.7 Å². The number of urea groups is 1. The molecule has 2 bridgehead atoms. The van der Waals surface area contributed by atoms with E-state index in [1.165, 1.54) is 29.2 Å². The number of carbonyl (C=O) groups is 3. The molecule has 2 fully saturated rings. The molecule has 0 spiro atoms. The number of hydrogen-bond donors (Lipinski definition) is 2. The molecule has 1 aromatic carbocycles. The normalized spacial score (nSPS) is 26.5. The number of amides is 4. The Morgan fingerprint density at radius 2 is 1.61 bits per heavy atom. The average molecular weight is 449 g/mol. The van der Waals surface area contributed by atoms with Crippen LogP contribution in [0.15, 0.2) is 36.4 Å². The quantitative estimate of drug-likeness (QED) is 0.551. The van der Waals surface area contributed by atoms with Gasteiger partial charge in [0.25, 0.3) is 0 Å². The zero-order valence-corrected chi connectivity index (χ0v) is 16.4. The number of anilines is 3. The summed E-state index contributed by atoms with van der Waals surface area (Å²) in [6.07, 6.45) is 0.240. The molecule has 5 rings (SSSR count). The standard InChI is InChI=1S/C19H14F3N5O3S/c20-19(21,22)16-25-26-18(31-16)24-17(30)23-10-3-5-11(6-4-10)27-14(28)12-8-1-2-9(7-8)13(12)15(27)29/h1-6,8-9,12-13H,7H2,(H2,23,24,26,30)/t8-,9-,12+,13+/m0/s1. The summed E-state index contributed by atoms with van der Waals surface area (Å²) in [6, 6.07) is 5.27. The molecule has 1 saturated heterocycles. The molecule has 2 heterocycles. The summed E-state index contributed by atoms with van der Waals surface area (Å²) in [6.45, 7) is 0. The second kappa shape index (κ2) is 6.87. The Bertz CT molecular complexity index is 1080. The lowest BCUT2D eigenvalue weighted by atomic mass is 9.85. The van der Waals surface area contributed by atoms with Gasteiger partial charge in [-0.2, -0.15) is 13.2 Å². The highest BCUT2D eigenvalue weighted by Crippen LogP contribution is 2.53. The monoisotopic (exact) mass is 449 g/mol. The smallest absolute Gasteiger partial charge is 0.308 e.